The summed E-state index contributed by atoms with van der Waals surface area (Å²) in [7, 11) is 0. The van der Waals surface area contributed by atoms with E-state index in [0.717, 1.165) is 17.7 Å². The summed E-state index contributed by atoms with van der Waals surface area (Å²) in [6.07, 6.45) is 1.37. The predicted molar refractivity (Wildman–Crippen MR) is 108 cm³/mol. The number of hydrogen-bond donors (Lipinski definition) is 1. The summed E-state index contributed by atoms with van der Waals surface area (Å²) in [5.41, 5.74) is 3.37. The zero-order valence-corrected chi connectivity index (χ0v) is 16.1. The summed E-state index contributed by atoms with van der Waals surface area (Å²) >= 11 is 0. The van der Waals surface area contributed by atoms with Gasteiger partial charge in [0.15, 0.2) is 0 Å². The van der Waals surface area contributed by atoms with Crippen molar-refractivity contribution in [3.05, 3.63) is 59.2 Å². The number of benzene rings is 2. The van der Waals surface area contributed by atoms with E-state index in [4.69, 9.17) is 0 Å². The minimum atomic E-state index is -0.311. The summed E-state index contributed by atoms with van der Waals surface area (Å²) in [6.45, 7) is 2.38. The minimum Gasteiger partial charge on any atom is -0.326 e. The first-order valence-corrected chi connectivity index (χ1v) is 9.62. The van der Waals surface area contributed by atoms with Gasteiger partial charge >= 0.3 is 0 Å². The molecule has 0 aliphatic carbocycles. The number of carbonyl (C=O) groups is 4. The standard InChI is InChI=1S/C22H21N3O4/c1-14(26)24-12-10-15-8-9-16(13-19(15)24)23-20(27)7-4-11-25-21(28)17-5-2-3-6-18(17)22(25)29/h2-3,5-6,8-9,13H,4,7,10-12H2,1H3,(H,23,27). The quantitative estimate of drug-likeness (QED) is 0.794. The Labute approximate surface area is 168 Å². The Kier molecular flexibility index (Phi) is 4.88. The van der Waals surface area contributed by atoms with Crippen LogP contribution in [0.4, 0.5) is 11.4 Å². The SMILES string of the molecule is CC(=O)N1CCc2ccc(NC(=O)CCCN3C(=O)c4ccccc4C3=O)cc21. The van der Waals surface area contributed by atoms with Crippen molar-refractivity contribution >= 4 is 35.0 Å². The van der Waals surface area contributed by atoms with Gasteiger partial charge in [-0.2, -0.15) is 0 Å². The fraction of sp³-hybridized carbons (Fsp3) is 0.273. The van der Waals surface area contributed by atoms with Crippen molar-refractivity contribution in [3.63, 3.8) is 0 Å². The zero-order chi connectivity index (χ0) is 20.5. The van der Waals surface area contributed by atoms with Gasteiger partial charge in [0.2, 0.25) is 11.8 Å². The molecule has 2 heterocycles. The highest BCUT2D eigenvalue weighted by Gasteiger charge is 2.34. The average molecular weight is 391 g/mol. The van der Waals surface area contributed by atoms with Crippen molar-refractivity contribution in [2.75, 3.05) is 23.3 Å². The summed E-state index contributed by atoms with van der Waals surface area (Å²) in [6, 6.07) is 12.3. The van der Waals surface area contributed by atoms with Crippen LogP contribution in [0.5, 0.6) is 0 Å². The van der Waals surface area contributed by atoms with E-state index in [0.29, 0.717) is 29.8 Å². The molecule has 29 heavy (non-hydrogen) atoms. The number of fused-ring (bicyclic) bond motifs is 2. The van der Waals surface area contributed by atoms with Crippen LogP contribution >= 0.6 is 0 Å². The van der Waals surface area contributed by atoms with Gasteiger partial charge in [-0.05, 0) is 42.7 Å². The van der Waals surface area contributed by atoms with Gasteiger partial charge < -0.3 is 10.2 Å². The first-order valence-electron chi connectivity index (χ1n) is 9.62. The maximum absolute atomic E-state index is 12.3. The lowest BCUT2D eigenvalue weighted by atomic mass is 10.1. The second-order valence-corrected chi connectivity index (χ2v) is 7.22. The van der Waals surface area contributed by atoms with Crippen molar-refractivity contribution < 1.29 is 19.2 Å². The Hall–Kier alpha value is -3.48. The molecule has 2 aromatic carbocycles. The number of carbonyl (C=O) groups excluding carboxylic acids is 4. The fourth-order valence-corrected chi connectivity index (χ4v) is 3.85. The van der Waals surface area contributed by atoms with Crippen LogP contribution < -0.4 is 10.2 Å². The molecule has 0 saturated heterocycles. The van der Waals surface area contributed by atoms with Crippen LogP contribution in [0.2, 0.25) is 0 Å². The van der Waals surface area contributed by atoms with Gasteiger partial charge in [0, 0.05) is 37.8 Å². The van der Waals surface area contributed by atoms with Crippen LogP contribution in [0.15, 0.2) is 42.5 Å². The van der Waals surface area contributed by atoms with Gasteiger partial charge in [-0.3, -0.25) is 24.1 Å². The van der Waals surface area contributed by atoms with Crippen LogP contribution in [0, 0.1) is 0 Å². The van der Waals surface area contributed by atoms with E-state index in [2.05, 4.69) is 5.32 Å². The van der Waals surface area contributed by atoms with Crippen LogP contribution in [0.3, 0.4) is 0 Å². The molecule has 0 spiro atoms. The molecule has 0 saturated carbocycles. The van der Waals surface area contributed by atoms with E-state index in [-0.39, 0.29) is 36.6 Å². The van der Waals surface area contributed by atoms with Gasteiger partial charge in [-0.1, -0.05) is 18.2 Å². The van der Waals surface area contributed by atoms with E-state index in [1.165, 1.54) is 11.8 Å². The van der Waals surface area contributed by atoms with Crippen molar-refractivity contribution in [2.45, 2.75) is 26.2 Å². The zero-order valence-electron chi connectivity index (χ0n) is 16.1. The third kappa shape index (κ3) is 3.51. The van der Waals surface area contributed by atoms with E-state index in [1.807, 2.05) is 18.2 Å². The summed E-state index contributed by atoms with van der Waals surface area (Å²) < 4.78 is 0. The number of imide groups is 1. The van der Waals surface area contributed by atoms with Gasteiger partial charge in [-0.25, -0.2) is 0 Å². The Morgan fingerprint density at radius 1 is 1.03 bits per heavy atom. The second-order valence-electron chi connectivity index (χ2n) is 7.22. The molecule has 0 radical (unpaired) electrons. The Morgan fingerprint density at radius 2 is 1.72 bits per heavy atom. The van der Waals surface area contributed by atoms with Crippen molar-refractivity contribution in [3.8, 4) is 0 Å². The first-order chi connectivity index (χ1) is 14.0. The van der Waals surface area contributed by atoms with Crippen LogP contribution in [0.25, 0.3) is 0 Å². The maximum Gasteiger partial charge on any atom is 0.261 e. The second kappa shape index (κ2) is 7.50. The highest BCUT2D eigenvalue weighted by Crippen LogP contribution is 2.31. The summed E-state index contributed by atoms with van der Waals surface area (Å²) in [4.78, 5) is 51.6. The molecule has 7 nitrogen and oxygen atoms in total. The molecular weight excluding hydrogens is 370 g/mol. The molecule has 0 atom stereocenters. The Morgan fingerprint density at radius 3 is 2.38 bits per heavy atom. The number of rotatable bonds is 5. The molecule has 4 rings (SSSR count). The molecule has 0 aromatic heterocycles. The highest BCUT2D eigenvalue weighted by molar-refractivity contribution is 6.21. The third-order valence-electron chi connectivity index (χ3n) is 5.31. The van der Waals surface area contributed by atoms with Crippen molar-refractivity contribution in [1.82, 2.24) is 4.90 Å². The maximum atomic E-state index is 12.3. The van der Waals surface area contributed by atoms with Crippen LogP contribution in [-0.4, -0.2) is 41.6 Å². The molecular formula is C22H21N3O4. The number of nitrogens with zero attached hydrogens (tertiary/aromatic N) is 2. The first kappa shape index (κ1) is 18.9. The molecule has 2 aliphatic rings. The third-order valence-corrected chi connectivity index (χ3v) is 5.31. The summed E-state index contributed by atoms with van der Waals surface area (Å²) in [5.74, 6) is -0.843. The van der Waals surface area contributed by atoms with E-state index < -0.39 is 0 Å². The van der Waals surface area contributed by atoms with E-state index in [9.17, 15) is 19.2 Å². The molecule has 2 aromatic rings. The van der Waals surface area contributed by atoms with Gasteiger partial charge in [0.1, 0.15) is 0 Å². The van der Waals surface area contributed by atoms with Crippen LogP contribution in [0.1, 0.15) is 46.0 Å². The highest BCUT2D eigenvalue weighted by atomic mass is 16.2. The Balaban J connectivity index is 1.33. The molecule has 2 aliphatic heterocycles. The fourth-order valence-electron chi connectivity index (χ4n) is 3.85. The number of amides is 4. The molecule has 0 bridgehead atoms. The molecule has 7 heteroatoms. The van der Waals surface area contributed by atoms with Crippen molar-refractivity contribution in [1.29, 1.82) is 0 Å². The molecule has 1 N–H and O–H groups in total. The summed E-state index contributed by atoms with van der Waals surface area (Å²) in [5, 5.41) is 2.83. The molecule has 0 unspecified atom stereocenters. The number of hydrogen-bond acceptors (Lipinski definition) is 4. The lowest BCUT2D eigenvalue weighted by Gasteiger charge is -2.16. The minimum absolute atomic E-state index is 0.0202. The van der Waals surface area contributed by atoms with E-state index >= 15 is 0 Å². The number of nitrogens with one attached hydrogen (secondary N) is 1. The number of anilines is 2. The van der Waals surface area contributed by atoms with Gasteiger partial charge in [-0.15, -0.1) is 0 Å². The van der Waals surface area contributed by atoms with Gasteiger partial charge in [0.05, 0.1) is 11.1 Å². The predicted octanol–water partition coefficient (Wildman–Crippen LogP) is 2.61. The average Bonchev–Trinajstić information content (AvgIpc) is 3.23. The largest absolute Gasteiger partial charge is 0.326 e. The topological polar surface area (TPSA) is 86.8 Å². The normalized spacial score (nSPS) is 14.8. The van der Waals surface area contributed by atoms with Gasteiger partial charge in [0.25, 0.3) is 11.8 Å². The lowest BCUT2D eigenvalue weighted by Crippen LogP contribution is -2.31. The van der Waals surface area contributed by atoms with Crippen LogP contribution in [-0.2, 0) is 16.0 Å². The van der Waals surface area contributed by atoms with E-state index in [1.54, 1.807) is 29.2 Å². The lowest BCUT2D eigenvalue weighted by molar-refractivity contribution is -0.117. The molecule has 0 fully saturated rings. The molecule has 4 amide bonds. The smallest absolute Gasteiger partial charge is 0.261 e. The molecule has 148 valence electrons. The monoisotopic (exact) mass is 391 g/mol. The Bertz CT molecular complexity index is 995. The van der Waals surface area contributed by atoms with Crippen molar-refractivity contribution in [2.24, 2.45) is 0 Å².